The number of nitrogens with two attached hydrogens (primary N) is 1. The van der Waals surface area contributed by atoms with Gasteiger partial charge in [-0.05, 0) is 24.5 Å². The summed E-state index contributed by atoms with van der Waals surface area (Å²) in [6.45, 7) is 0. The highest BCUT2D eigenvalue weighted by Crippen LogP contribution is 2.52. The summed E-state index contributed by atoms with van der Waals surface area (Å²) in [5, 5.41) is 10.2. The van der Waals surface area contributed by atoms with Crippen LogP contribution in [0.25, 0.3) is 10.9 Å². The number of carboxylic acid groups (broad SMARTS) is 1. The number of para-hydroxylation sites is 1. The van der Waals surface area contributed by atoms with E-state index >= 15 is 0 Å². The summed E-state index contributed by atoms with van der Waals surface area (Å²) in [5.41, 5.74) is 7.53. The number of H-pyrrole nitrogens is 1. The molecule has 2 aromatic rings. The molecule has 0 radical (unpaired) electrons. The topological polar surface area (TPSA) is 79.1 Å². The van der Waals surface area contributed by atoms with E-state index in [1.807, 2.05) is 30.5 Å². The molecule has 17 heavy (non-hydrogen) atoms. The zero-order valence-corrected chi connectivity index (χ0v) is 9.31. The Morgan fingerprint density at radius 2 is 2.12 bits per heavy atom. The van der Waals surface area contributed by atoms with Crippen molar-refractivity contribution >= 4 is 16.9 Å². The van der Waals surface area contributed by atoms with Crippen LogP contribution < -0.4 is 5.73 Å². The van der Waals surface area contributed by atoms with Gasteiger partial charge in [0.2, 0.25) is 0 Å². The third kappa shape index (κ3) is 1.37. The van der Waals surface area contributed by atoms with Crippen molar-refractivity contribution in [3.8, 4) is 0 Å². The Kier molecular flexibility index (Phi) is 2.03. The predicted octanol–water partition coefficient (Wildman–Crippen LogP) is 1.61. The van der Waals surface area contributed by atoms with Crippen LogP contribution in [-0.2, 0) is 10.2 Å². The quantitative estimate of drug-likeness (QED) is 0.749. The van der Waals surface area contributed by atoms with Crippen molar-refractivity contribution in [2.45, 2.75) is 24.3 Å². The molecule has 1 heterocycles. The van der Waals surface area contributed by atoms with Gasteiger partial charge in [0.05, 0.1) is 0 Å². The lowest BCUT2D eigenvalue weighted by Crippen LogP contribution is -2.41. The fourth-order valence-corrected chi connectivity index (χ4v) is 2.60. The standard InChI is InChI=1S/C13H14N2O2/c14-11(12(16)17)13(5-6-13)9-7-15-10-4-2-1-3-8(9)10/h1-4,7,11,15H,5-6,14H2,(H,16,17). The number of benzene rings is 1. The van der Waals surface area contributed by atoms with E-state index in [0.717, 1.165) is 29.3 Å². The summed E-state index contributed by atoms with van der Waals surface area (Å²) in [4.78, 5) is 14.3. The summed E-state index contributed by atoms with van der Waals surface area (Å²) in [6.07, 6.45) is 3.60. The normalized spacial score (nSPS) is 19.1. The first-order valence-electron chi connectivity index (χ1n) is 5.70. The van der Waals surface area contributed by atoms with Crippen LogP contribution in [0.2, 0.25) is 0 Å². The van der Waals surface area contributed by atoms with Crippen molar-refractivity contribution in [2.24, 2.45) is 5.73 Å². The molecular weight excluding hydrogens is 216 g/mol. The molecule has 1 atom stereocenters. The first-order chi connectivity index (χ1) is 8.15. The SMILES string of the molecule is NC(C(=O)O)C1(c2c[nH]c3ccccc23)CC1. The van der Waals surface area contributed by atoms with Crippen LogP contribution in [-0.4, -0.2) is 22.1 Å². The minimum atomic E-state index is -0.923. The van der Waals surface area contributed by atoms with E-state index in [0.29, 0.717) is 0 Å². The molecule has 1 fully saturated rings. The highest BCUT2D eigenvalue weighted by molar-refractivity contribution is 5.87. The Hall–Kier alpha value is -1.81. The van der Waals surface area contributed by atoms with E-state index in [2.05, 4.69) is 4.98 Å². The maximum absolute atomic E-state index is 11.1. The fraction of sp³-hybridized carbons (Fsp3) is 0.308. The van der Waals surface area contributed by atoms with Crippen LogP contribution in [0, 0.1) is 0 Å². The zero-order valence-electron chi connectivity index (χ0n) is 9.31. The molecule has 4 heteroatoms. The third-order valence-electron chi connectivity index (χ3n) is 3.78. The van der Waals surface area contributed by atoms with Crippen LogP contribution >= 0.6 is 0 Å². The van der Waals surface area contributed by atoms with E-state index in [9.17, 15) is 4.79 Å². The van der Waals surface area contributed by atoms with Crippen molar-refractivity contribution in [1.29, 1.82) is 0 Å². The molecule has 0 saturated heterocycles. The molecular formula is C13H14N2O2. The summed E-state index contributed by atoms with van der Waals surface area (Å²) in [7, 11) is 0. The van der Waals surface area contributed by atoms with Crippen molar-refractivity contribution < 1.29 is 9.90 Å². The first kappa shape index (κ1) is 10.4. The van der Waals surface area contributed by atoms with Gasteiger partial charge in [0.25, 0.3) is 0 Å². The smallest absolute Gasteiger partial charge is 0.321 e. The Balaban J connectivity index is 2.13. The van der Waals surface area contributed by atoms with Gasteiger partial charge >= 0.3 is 5.97 Å². The molecule has 1 aromatic carbocycles. The average molecular weight is 230 g/mol. The molecule has 0 amide bonds. The maximum atomic E-state index is 11.1. The van der Waals surface area contributed by atoms with Gasteiger partial charge < -0.3 is 15.8 Å². The van der Waals surface area contributed by atoms with E-state index in [1.54, 1.807) is 0 Å². The van der Waals surface area contributed by atoms with E-state index < -0.39 is 12.0 Å². The number of rotatable bonds is 3. The molecule has 4 N–H and O–H groups in total. The average Bonchev–Trinajstić information content (AvgIpc) is 3.02. The molecule has 1 aliphatic rings. The van der Waals surface area contributed by atoms with Crippen LogP contribution in [0.3, 0.4) is 0 Å². The van der Waals surface area contributed by atoms with Gasteiger partial charge in [-0.15, -0.1) is 0 Å². The summed E-state index contributed by atoms with van der Waals surface area (Å²) in [5.74, 6) is -0.923. The van der Waals surface area contributed by atoms with Crippen molar-refractivity contribution in [1.82, 2.24) is 4.98 Å². The number of carbonyl (C=O) groups is 1. The summed E-state index contributed by atoms with van der Waals surface area (Å²) >= 11 is 0. The molecule has 1 saturated carbocycles. The predicted molar refractivity (Wildman–Crippen MR) is 64.8 cm³/mol. The number of nitrogens with one attached hydrogen (secondary N) is 1. The lowest BCUT2D eigenvalue weighted by atomic mass is 9.88. The zero-order chi connectivity index (χ0) is 12.0. The number of hydrogen-bond acceptors (Lipinski definition) is 2. The van der Waals surface area contributed by atoms with Gasteiger partial charge in [-0.2, -0.15) is 0 Å². The first-order valence-corrected chi connectivity index (χ1v) is 5.70. The number of fused-ring (bicyclic) bond motifs is 1. The number of aromatic amines is 1. The molecule has 3 rings (SSSR count). The lowest BCUT2D eigenvalue weighted by Gasteiger charge is -2.19. The molecule has 0 spiro atoms. The second kappa shape index (κ2) is 3.34. The van der Waals surface area contributed by atoms with Crippen LogP contribution in [0.15, 0.2) is 30.5 Å². The number of carboxylic acids is 1. The minimum Gasteiger partial charge on any atom is -0.480 e. The van der Waals surface area contributed by atoms with Crippen molar-refractivity contribution in [3.63, 3.8) is 0 Å². The minimum absolute atomic E-state index is 0.370. The van der Waals surface area contributed by atoms with E-state index in [-0.39, 0.29) is 5.41 Å². The number of aromatic nitrogens is 1. The van der Waals surface area contributed by atoms with Gasteiger partial charge in [-0.3, -0.25) is 4.79 Å². The second-order valence-electron chi connectivity index (χ2n) is 4.72. The van der Waals surface area contributed by atoms with E-state index in [1.165, 1.54) is 0 Å². The van der Waals surface area contributed by atoms with Gasteiger partial charge in [0.1, 0.15) is 6.04 Å². The number of aliphatic carboxylic acids is 1. The molecule has 0 aliphatic heterocycles. The highest BCUT2D eigenvalue weighted by Gasteiger charge is 2.53. The Labute approximate surface area is 98.4 Å². The summed E-state index contributed by atoms with van der Waals surface area (Å²) < 4.78 is 0. The van der Waals surface area contributed by atoms with Crippen LogP contribution in [0.1, 0.15) is 18.4 Å². The van der Waals surface area contributed by atoms with Crippen molar-refractivity contribution in [3.05, 3.63) is 36.0 Å². The van der Waals surface area contributed by atoms with Gasteiger partial charge in [0, 0.05) is 22.5 Å². The molecule has 1 unspecified atom stereocenters. The van der Waals surface area contributed by atoms with Crippen LogP contribution in [0.4, 0.5) is 0 Å². The van der Waals surface area contributed by atoms with Gasteiger partial charge in [-0.1, -0.05) is 18.2 Å². The fourth-order valence-electron chi connectivity index (χ4n) is 2.60. The molecule has 4 nitrogen and oxygen atoms in total. The van der Waals surface area contributed by atoms with Crippen LogP contribution in [0.5, 0.6) is 0 Å². The molecule has 88 valence electrons. The van der Waals surface area contributed by atoms with Crippen molar-refractivity contribution in [2.75, 3.05) is 0 Å². The summed E-state index contributed by atoms with van der Waals surface area (Å²) in [6, 6.07) is 7.10. The maximum Gasteiger partial charge on any atom is 0.321 e. The number of hydrogen-bond donors (Lipinski definition) is 3. The lowest BCUT2D eigenvalue weighted by molar-refractivity contribution is -0.139. The second-order valence-corrected chi connectivity index (χ2v) is 4.72. The highest BCUT2D eigenvalue weighted by atomic mass is 16.4. The third-order valence-corrected chi connectivity index (χ3v) is 3.78. The van der Waals surface area contributed by atoms with Gasteiger partial charge in [0.15, 0.2) is 0 Å². The Morgan fingerprint density at radius 1 is 1.41 bits per heavy atom. The Morgan fingerprint density at radius 3 is 2.76 bits per heavy atom. The monoisotopic (exact) mass is 230 g/mol. The Bertz CT molecular complexity index is 584. The van der Waals surface area contributed by atoms with Gasteiger partial charge in [-0.25, -0.2) is 0 Å². The molecule has 1 aliphatic carbocycles. The largest absolute Gasteiger partial charge is 0.480 e. The molecule has 0 bridgehead atoms. The van der Waals surface area contributed by atoms with E-state index in [4.69, 9.17) is 10.8 Å². The molecule has 1 aromatic heterocycles.